The third kappa shape index (κ3) is 3.83. The van der Waals surface area contributed by atoms with Gasteiger partial charge in [-0.3, -0.25) is 10.1 Å². The lowest BCUT2D eigenvalue weighted by Crippen LogP contribution is -2.38. The highest BCUT2D eigenvalue weighted by Gasteiger charge is 2.10. The molecule has 0 atom stereocenters. The highest BCUT2D eigenvalue weighted by molar-refractivity contribution is 7.12. The summed E-state index contributed by atoms with van der Waals surface area (Å²) in [5.74, 6) is 0.360. The number of amides is 3. The summed E-state index contributed by atoms with van der Waals surface area (Å²) in [4.78, 5) is 23.7. The number of carbonyl (C=O) groups excluding carboxylic acids is 2. The van der Waals surface area contributed by atoms with Crippen molar-refractivity contribution in [2.45, 2.75) is 6.54 Å². The molecule has 0 spiro atoms. The molecule has 104 valence electrons. The summed E-state index contributed by atoms with van der Waals surface area (Å²) in [7, 11) is 1.59. The van der Waals surface area contributed by atoms with Crippen LogP contribution in [0.3, 0.4) is 0 Å². The Labute approximate surface area is 120 Å². The summed E-state index contributed by atoms with van der Waals surface area (Å²) >= 11 is 1.29. The predicted octanol–water partition coefficient (Wildman–Crippen LogP) is 2.40. The highest BCUT2D eigenvalue weighted by Crippen LogP contribution is 2.11. The van der Waals surface area contributed by atoms with Gasteiger partial charge in [-0.2, -0.15) is 0 Å². The highest BCUT2D eigenvalue weighted by atomic mass is 32.1. The number of thiophene rings is 1. The molecule has 0 fully saturated rings. The number of hydrogen-bond donors (Lipinski definition) is 2. The lowest BCUT2D eigenvalue weighted by Gasteiger charge is -2.06. The normalized spacial score (nSPS) is 9.85. The van der Waals surface area contributed by atoms with E-state index in [0.29, 0.717) is 11.4 Å². The number of methoxy groups -OCH3 is 1. The van der Waals surface area contributed by atoms with E-state index in [0.717, 1.165) is 11.3 Å². The maximum atomic E-state index is 11.6. The summed E-state index contributed by atoms with van der Waals surface area (Å²) in [6.45, 7) is 0.341. The second-order valence-electron chi connectivity index (χ2n) is 3.96. The minimum absolute atomic E-state index is 0.341. The van der Waals surface area contributed by atoms with Crippen LogP contribution in [0.25, 0.3) is 0 Å². The van der Waals surface area contributed by atoms with E-state index in [-0.39, 0.29) is 0 Å². The van der Waals surface area contributed by atoms with Gasteiger partial charge in [-0.15, -0.1) is 11.3 Å². The Morgan fingerprint density at radius 3 is 2.55 bits per heavy atom. The minimum atomic E-state index is -0.515. The molecule has 1 aromatic carbocycles. The molecular weight excluding hydrogens is 276 g/mol. The van der Waals surface area contributed by atoms with Gasteiger partial charge in [-0.25, -0.2) is 4.79 Å². The zero-order valence-electron chi connectivity index (χ0n) is 10.9. The van der Waals surface area contributed by atoms with Crippen LogP contribution in [0.15, 0.2) is 41.8 Å². The first kappa shape index (κ1) is 14.1. The van der Waals surface area contributed by atoms with Crippen LogP contribution in [-0.2, 0) is 6.54 Å². The van der Waals surface area contributed by atoms with Crippen molar-refractivity contribution >= 4 is 23.3 Å². The van der Waals surface area contributed by atoms with Crippen LogP contribution in [0.2, 0.25) is 0 Å². The van der Waals surface area contributed by atoms with Gasteiger partial charge in [0.05, 0.1) is 12.0 Å². The molecule has 0 bridgehead atoms. The van der Waals surface area contributed by atoms with Gasteiger partial charge < -0.3 is 10.1 Å². The van der Waals surface area contributed by atoms with E-state index >= 15 is 0 Å². The van der Waals surface area contributed by atoms with E-state index in [1.165, 1.54) is 11.3 Å². The Kier molecular flexibility index (Phi) is 4.73. The largest absolute Gasteiger partial charge is 0.497 e. The smallest absolute Gasteiger partial charge is 0.322 e. The van der Waals surface area contributed by atoms with Crippen molar-refractivity contribution in [1.29, 1.82) is 0 Å². The summed E-state index contributed by atoms with van der Waals surface area (Å²) in [6, 6.07) is 10.2. The van der Waals surface area contributed by atoms with Crippen molar-refractivity contribution in [3.05, 3.63) is 52.2 Å². The van der Waals surface area contributed by atoms with E-state index in [1.807, 2.05) is 24.3 Å². The molecule has 2 N–H and O–H groups in total. The van der Waals surface area contributed by atoms with Crippen LogP contribution in [-0.4, -0.2) is 19.0 Å². The van der Waals surface area contributed by atoms with Gasteiger partial charge in [0.25, 0.3) is 5.91 Å². The SMILES string of the molecule is COc1ccc(CNC(=O)NC(=O)c2cccs2)cc1. The quantitative estimate of drug-likeness (QED) is 0.908. The first-order valence-corrected chi connectivity index (χ1v) is 6.82. The van der Waals surface area contributed by atoms with E-state index in [1.54, 1.807) is 24.6 Å². The Bertz CT molecular complexity index is 579. The molecule has 6 heteroatoms. The number of urea groups is 1. The number of benzene rings is 1. The second kappa shape index (κ2) is 6.72. The summed E-state index contributed by atoms with van der Waals surface area (Å²) in [6.07, 6.45) is 0. The monoisotopic (exact) mass is 290 g/mol. The van der Waals surface area contributed by atoms with Gasteiger partial charge in [-0.1, -0.05) is 18.2 Å². The number of rotatable bonds is 4. The summed E-state index contributed by atoms with van der Waals surface area (Å²) < 4.78 is 5.05. The molecule has 20 heavy (non-hydrogen) atoms. The van der Waals surface area contributed by atoms with E-state index in [9.17, 15) is 9.59 Å². The second-order valence-corrected chi connectivity index (χ2v) is 4.91. The van der Waals surface area contributed by atoms with Crippen LogP contribution in [0.4, 0.5) is 4.79 Å². The zero-order valence-corrected chi connectivity index (χ0v) is 11.7. The van der Waals surface area contributed by atoms with Gasteiger partial charge >= 0.3 is 6.03 Å². The lowest BCUT2D eigenvalue weighted by molar-refractivity contribution is 0.0968. The molecule has 0 saturated heterocycles. The molecule has 1 heterocycles. The van der Waals surface area contributed by atoms with Crippen molar-refractivity contribution in [2.24, 2.45) is 0 Å². The molecule has 2 aromatic rings. The summed E-state index contributed by atoms with van der Waals surface area (Å²) in [5, 5.41) is 6.68. The van der Waals surface area contributed by atoms with E-state index in [4.69, 9.17) is 4.74 Å². The molecule has 0 unspecified atom stereocenters. The molecule has 2 rings (SSSR count). The number of imide groups is 1. The minimum Gasteiger partial charge on any atom is -0.497 e. The molecule has 0 aliphatic carbocycles. The standard InChI is InChI=1S/C14H14N2O3S/c1-19-11-6-4-10(5-7-11)9-15-14(18)16-13(17)12-3-2-8-20-12/h2-8H,9H2,1H3,(H2,15,16,17,18). The topological polar surface area (TPSA) is 67.4 Å². The molecule has 0 radical (unpaired) electrons. The predicted molar refractivity (Wildman–Crippen MR) is 77.0 cm³/mol. The molecular formula is C14H14N2O3S. The average Bonchev–Trinajstić information content (AvgIpc) is 3.00. The first-order valence-electron chi connectivity index (χ1n) is 5.94. The maximum absolute atomic E-state index is 11.6. The molecule has 0 saturated carbocycles. The van der Waals surface area contributed by atoms with Crippen LogP contribution < -0.4 is 15.4 Å². The number of hydrogen-bond acceptors (Lipinski definition) is 4. The Balaban J connectivity index is 1.81. The van der Waals surface area contributed by atoms with E-state index < -0.39 is 11.9 Å². The zero-order chi connectivity index (χ0) is 14.4. The van der Waals surface area contributed by atoms with Crippen molar-refractivity contribution in [3.8, 4) is 5.75 Å². The van der Waals surface area contributed by atoms with Gasteiger partial charge in [0.15, 0.2) is 0 Å². The van der Waals surface area contributed by atoms with Crippen molar-refractivity contribution in [3.63, 3.8) is 0 Å². The van der Waals surface area contributed by atoms with Crippen molar-refractivity contribution in [1.82, 2.24) is 10.6 Å². The fourth-order valence-electron chi connectivity index (χ4n) is 1.54. The molecule has 1 aromatic heterocycles. The third-order valence-electron chi connectivity index (χ3n) is 2.58. The van der Waals surface area contributed by atoms with Gasteiger partial charge in [0.2, 0.25) is 0 Å². The van der Waals surface area contributed by atoms with Crippen LogP contribution in [0, 0.1) is 0 Å². The maximum Gasteiger partial charge on any atom is 0.322 e. The third-order valence-corrected chi connectivity index (χ3v) is 3.45. The van der Waals surface area contributed by atoms with Crippen LogP contribution >= 0.6 is 11.3 Å². The first-order chi connectivity index (χ1) is 9.69. The summed E-state index contributed by atoms with van der Waals surface area (Å²) in [5.41, 5.74) is 0.921. The Hall–Kier alpha value is -2.34. The van der Waals surface area contributed by atoms with Gasteiger partial charge in [-0.05, 0) is 29.1 Å². The molecule has 0 aliphatic rings. The van der Waals surface area contributed by atoms with Crippen molar-refractivity contribution in [2.75, 3.05) is 7.11 Å². The van der Waals surface area contributed by atoms with Crippen molar-refractivity contribution < 1.29 is 14.3 Å². The Morgan fingerprint density at radius 2 is 1.95 bits per heavy atom. The fourth-order valence-corrected chi connectivity index (χ4v) is 2.16. The molecule has 5 nitrogen and oxygen atoms in total. The number of carbonyl (C=O) groups is 2. The number of ether oxygens (including phenoxy) is 1. The fraction of sp³-hybridized carbons (Fsp3) is 0.143. The van der Waals surface area contributed by atoms with Gasteiger partial charge in [0.1, 0.15) is 5.75 Å². The molecule has 0 aliphatic heterocycles. The van der Waals surface area contributed by atoms with Crippen LogP contribution in [0.1, 0.15) is 15.2 Å². The average molecular weight is 290 g/mol. The number of nitrogens with one attached hydrogen (secondary N) is 2. The lowest BCUT2D eigenvalue weighted by atomic mass is 10.2. The van der Waals surface area contributed by atoms with E-state index in [2.05, 4.69) is 10.6 Å². The van der Waals surface area contributed by atoms with Gasteiger partial charge in [0, 0.05) is 6.54 Å². The van der Waals surface area contributed by atoms with Crippen LogP contribution in [0.5, 0.6) is 5.75 Å². The Morgan fingerprint density at radius 1 is 1.20 bits per heavy atom. The molecule has 3 amide bonds.